The smallest absolute Gasteiger partial charge is 0.259 e. The Labute approximate surface area is 120 Å². The molecule has 0 spiro atoms. The Morgan fingerprint density at radius 3 is 2.52 bits per heavy atom. The molecule has 1 heterocycles. The minimum Gasteiger partial charge on any atom is -0.497 e. The highest BCUT2D eigenvalue weighted by molar-refractivity contribution is 6.04. The molecule has 2 rings (SSSR count). The maximum Gasteiger partial charge on any atom is 0.259 e. The highest BCUT2D eigenvalue weighted by Gasteiger charge is 2.13. The van der Waals surface area contributed by atoms with E-state index in [1.807, 2.05) is 0 Å². The Balaban J connectivity index is 2.16. The average molecular weight is 288 g/mol. The lowest BCUT2D eigenvalue weighted by Crippen LogP contribution is -2.14. The lowest BCUT2D eigenvalue weighted by atomic mass is 10.2. The Hall–Kier alpha value is -2.76. The molecule has 0 bridgehead atoms. The molecule has 0 atom stereocenters. The first-order valence-electron chi connectivity index (χ1n) is 6.13. The van der Waals surface area contributed by atoms with E-state index in [0.29, 0.717) is 11.3 Å². The molecule has 1 aromatic carbocycles. The number of pyridine rings is 1. The van der Waals surface area contributed by atoms with E-state index in [0.717, 1.165) is 6.07 Å². The molecule has 0 saturated carbocycles. The van der Waals surface area contributed by atoms with Crippen LogP contribution in [0.25, 0.3) is 0 Å². The lowest BCUT2D eigenvalue weighted by Gasteiger charge is -2.07. The predicted octanol–water partition coefficient (Wildman–Crippen LogP) is 2.68. The third-order valence-electron chi connectivity index (χ3n) is 2.83. The van der Waals surface area contributed by atoms with E-state index in [1.165, 1.54) is 44.5 Å². The minimum atomic E-state index is -0.688. The van der Waals surface area contributed by atoms with Gasteiger partial charge < -0.3 is 10.1 Å². The van der Waals surface area contributed by atoms with Crippen molar-refractivity contribution in [3.63, 3.8) is 0 Å². The number of nitrogens with one attached hydrogen (secondary N) is 1. The summed E-state index contributed by atoms with van der Waals surface area (Å²) < 4.78 is 18.6. The molecule has 1 aromatic heterocycles. The quantitative estimate of drug-likeness (QED) is 0.878. The predicted molar refractivity (Wildman–Crippen MR) is 75.1 cm³/mol. The number of rotatable bonds is 4. The first kappa shape index (κ1) is 14.6. The number of halogens is 1. The highest BCUT2D eigenvalue weighted by Crippen LogP contribution is 2.17. The fourth-order valence-electron chi connectivity index (χ4n) is 1.67. The SMILES string of the molecule is COc1ccc(C(=O)Nc2ccc(C(C)=O)cn2)c(F)c1. The number of hydrogen-bond acceptors (Lipinski definition) is 4. The molecule has 21 heavy (non-hydrogen) atoms. The van der Waals surface area contributed by atoms with Gasteiger partial charge in [-0.25, -0.2) is 9.37 Å². The second kappa shape index (κ2) is 6.13. The van der Waals surface area contributed by atoms with Crippen LogP contribution in [-0.2, 0) is 0 Å². The van der Waals surface area contributed by atoms with Gasteiger partial charge in [-0.05, 0) is 31.2 Å². The van der Waals surface area contributed by atoms with Crippen LogP contribution in [0.5, 0.6) is 5.75 Å². The van der Waals surface area contributed by atoms with Crippen LogP contribution in [0.2, 0.25) is 0 Å². The molecule has 0 aliphatic carbocycles. The van der Waals surface area contributed by atoms with Crippen molar-refractivity contribution < 1.29 is 18.7 Å². The molecule has 0 saturated heterocycles. The minimum absolute atomic E-state index is 0.117. The number of benzene rings is 1. The molecule has 1 amide bonds. The van der Waals surface area contributed by atoms with E-state index >= 15 is 0 Å². The number of carbonyl (C=O) groups is 2. The molecule has 0 aliphatic rings. The molecule has 0 radical (unpaired) electrons. The van der Waals surface area contributed by atoms with E-state index in [-0.39, 0.29) is 17.2 Å². The van der Waals surface area contributed by atoms with Crippen LogP contribution in [0.1, 0.15) is 27.6 Å². The Kier molecular flexibility index (Phi) is 4.27. The van der Waals surface area contributed by atoms with Gasteiger partial charge in [0, 0.05) is 17.8 Å². The summed E-state index contributed by atoms with van der Waals surface area (Å²) in [6.45, 7) is 1.42. The summed E-state index contributed by atoms with van der Waals surface area (Å²) in [6, 6.07) is 6.96. The topological polar surface area (TPSA) is 68.3 Å². The van der Waals surface area contributed by atoms with E-state index in [4.69, 9.17) is 4.74 Å². The van der Waals surface area contributed by atoms with E-state index < -0.39 is 11.7 Å². The maximum atomic E-state index is 13.8. The molecule has 5 nitrogen and oxygen atoms in total. The second-order valence-electron chi connectivity index (χ2n) is 4.29. The van der Waals surface area contributed by atoms with Gasteiger partial charge in [0.2, 0.25) is 0 Å². The number of carbonyl (C=O) groups excluding carboxylic acids is 2. The van der Waals surface area contributed by atoms with Gasteiger partial charge in [-0.1, -0.05) is 0 Å². The van der Waals surface area contributed by atoms with Crippen molar-refractivity contribution in [1.29, 1.82) is 0 Å². The number of hydrogen-bond donors (Lipinski definition) is 1. The van der Waals surface area contributed by atoms with Crippen molar-refractivity contribution in [3.05, 3.63) is 53.5 Å². The van der Waals surface area contributed by atoms with Crippen LogP contribution >= 0.6 is 0 Å². The molecule has 0 fully saturated rings. The first-order valence-corrected chi connectivity index (χ1v) is 6.13. The molecular formula is C15H13FN2O3. The van der Waals surface area contributed by atoms with E-state index in [2.05, 4.69) is 10.3 Å². The summed E-state index contributed by atoms with van der Waals surface area (Å²) in [6.07, 6.45) is 1.35. The third kappa shape index (κ3) is 3.42. The van der Waals surface area contributed by atoms with Crippen molar-refractivity contribution in [2.45, 2.75) is 6.92 Å². The summed E-state index contributed by atoms with van der Waals surface area (Å²) in [7, 11) is 1.41. The van der Waals surface area contributed by atoms with Crippen LogP contribution in [-0.4, -0.2) is 23.8 Å². The average Bonchev–Trinajstić information content (AvgIpc) is 2.47. The zero-order valence-corrected chi connectivity index (χ0v) is 11.5. The Morgan fingerprint density at radius 1 is 1.24 bits per heavy atom. The van der Waals surface area contributed by atoms with Crippen LogP contribution in [0.4, 0.5) is 10.2 Å². The van der Waals surface area contributed by atoms with E-state index in [9.17, 15) is 14.0 Å². The van der Waals surface area contributed by atoms with Crippen molar-refractivity contribution in [2.75, 3.05) is 12.4 Å². The summed E-state index contributed by atoms with van der Waals surface area (Å²) in [5.41, 5.74) is 0.317. The number of aromatic nitrogens is 1. The summed E-state index contributed by atoms with van der Waals surface area (Å²) in [5.74, 6) is -0.875. The Bertz CT molecular complexity index is 684. The van der Waals surface area contributed by atoms with Gasteiger partial charge in [0.05, 0.1) is 12.7 Å². The highest BCUT2D eigenvalue weighted by atomic mass is 19.1. The lowest BCUT2D eigenvalue weighted by molar-refractivity contribution is 0.101. The van der Waals surface area contributed by atoms with Gasteiger partial charge in [0.15, 0.2) is 5.78 Å². The molecule has 6 heteroatoms. The number of ketones is 1. The fourth-order valence-corrected chi connectivity index (χ4v) is 1.67. The number of ether oxygens (including phenoxy) is 1. The molecule has 1 N–H and O–H groups in total. The molecule has 108 valence electrons. The zero-order valence-electron chi connectivity index (χ0n) is 11.5. The second-order valence-corrected chi connectivity index (χ2v) is 4.29. The van der Waals surface area contributed by atoms with Crippen molar-refractivity contribution >= 4 is 17.5 Å². The third-order valence-corrected chi connectivity index (χ3v) is 2.83. The van der Waals surface area contributed by atoms with Crippen molar-refractivity contribution in [2.24, 2.45) is 0 Å². The zero-order chi connectivity index (χ0) is 15.4. The number of anilines is 1. The molecular weight excluding hydrogens is 275 g/mol. The number of methoxy groups -OCH3 is 1. The number of Topliss-reactive ketones (excluding diaryl/α,β-unsaturated/α-hetero) is 1. The summed E-state index contributed by atoms with van der Waals surface area (Å²) in [5, 5.41) is 2.46. The largest absolute Gasteiger partial charge is 0.497 e. The van der Waals surface area contributed by atoms with Gasteiger partial charge in [0.1, 0.15) is 17.4 Å². The van der Waals surface area contributed by atoms with Gasteiger partial charge in [0.25, 0.3) is 5.91 Å². The van der Waals surface area contributed by atoms with Crippen LogP contribution in [0.3, 0.4) is 0 Å². The molecule has 2 aromatic rings. The van der Waals surface area contributed by atoms with Gasteiger partial charge >= 0.3 is 0 Å². The summed E-state index contributed by atoms with van der Waals surface area (Å²) in [4.78, 5) is 27.0. The molecule has 0 unspecified atom stereocenters. The first-order chi connectivity index (χ1) is 10.0. The van der Waals surface area contributed by atoms with Gasteiger partial charge in [-0.15, -0.1) is 0 Å². The monoisotopic (exact) mass is 288 g/mol. The molecule has 0 aliphatic heterocycles. The van der Waals surface area contributed by atoms with Crippen molar-refractivity contribution in [3.8, 4) is 5.75 Å². The van der Waals surface area contributed by atoms with Crippen LogP contribution < -0.4 is 10.1 Å². The van der Waals surface area contributed by atoms with Crippen LogP contribution in [0.15, 0.2) is 36.5 Å². The van der Waals surface area contributed by atoms with Gasteiger partial charge in [-0.3, -0.25) is 9.59 Å². The number of amides is 1. The normalized spacial score (nSPS) is 10.0. The van der Waals surface area contributed by atoms with Gasteiger partial charge in [-0.2, -0.15) is 0 Å². The maximum absolute atomic E-state index is 13.8. The summed E-state index contributed by atoms with van der Waals surface area (Å²) >= 11 is 0. The fraction of sp³-hybridized carbons (Fsp3) is 0.133. The van der Waals surface area contributed by atoms with E-state index in [1.54, 1.807) is 0 Å². The number of nitrogens with zero attached hydrogens (tertiary/aromatic N) is 1. The van der Waals surface area contributed by atoms with Crippen LogP contribution in [0, 0.1) is 5.82 Å². The Morgan fingerprint density at radius 2 is 2.00 bits per heavy atom. The van der Waals surface area contributed by atoms with Crippen molar-refractivity contribution in [1.82, 2.24) is 4.98 Å². The standard InChI is InChI=1S/C15H13FN2O3/c1-9(19)10-3-6-14(17-8-10)18-15(20)12-5-4-11(21-2)7-13(12)16/h3-8H,1-2H3,(H,17,18,20).